The van der Waals surface area contributed by atoms with Crippen molar-refractivity contribution in [3.8, 4) is 0 Å². The zero-order valence-corrected chi connectivity index (χ0v) is 19.3. The van der Waals surface area contributed by atoms with Crippen LogP contribution >= 0.6 is 0 Å². The van der Waals surface area contributed by atoms with Crippen LogP contribution in [0.3, 0.4) is 0 Å². The summed E-state index contributed by atoms with van der Waals surface area (Å²) in [5.74, 6) is 0.962. The number of para-hydroxylation sites is 1. The Morgan fingerprint density at radius 2 is 1.76 bits per heavy atom. The van der Waals surface area contributed by atoms with Gasteiger partial charge in [0, 0.05) is 35.9 Å². The van der Waals surface area contributed by atoms with Crippen molar-refractivity contribution in [2.75, 3.05) is 23.7 Å². The molecule has 2 fully saturated rings. The number of rotatable bonds is 6. The number of nitrogens with zero attached hydrogens (tertiary/aromatic N) is 3. The summed E-state index contributed by atoms with van der Waals surface area (Å²) >= 11 is 0. The Balaban J connectivity index is 1.26. The van der Waals surface area contributed by atoms with Crippen molar-refractivity contribution in [1.29, 1.82) is 0 Å². The van der Waals surface area contributed by atoms with Crippen molar-refractivity contribution in [3.63, 3.8) is 0 Å². The average molecular weight is 461 g/mol. The van der Waals surface area contributed by atoms with Gasteiger partial charge in [-0.05, 0) is 69.8 Å². The largest absolute Gasteiger partial charge is 0.381 e. The number of hydrogen-bond donors (Lipinski definition) is 5. The van der Waals surface area contributed by atoms with E-state index in [1.54, 1.807) is 18.3 Å². The second kappa shape index (κ2) is 10.3. The van der Waals surface area contributed by atoms with E-state index >= 15 is 0 Å². The zero-order valence-electron chi connectivity index (χ0n) is 19.3. The maximum Gasteiger partial charge on any atom is 0.253 e. The lowest BCUT2D eigenvalue weighted by molar-refractivity contribution is 0.0929. The van der Waals surface area contributed by atoms with Crippen molar-refractivity contribution in [2.24, 2.45) is 5.73 Å². The fourth-order valence-electron chi connectivity index (χ4n) is 4.67. The van der Waals surface area contributed by atoms with E-state index in [-0.39, 0.29) is 11.9 Å². The number of anilines is 3. The van der Waals surface area contributed by atoms with Crippen molar-refractivity contribution in [2.45, 2.75) is 56.7 Å². The Morgan fingerprint density at radius 1 is 0.941 bits per heavy atom. The predicted molar refractivity (Wildman–Crippen MR) is 134 cm³/mol. The Morgan fingerprint density at radius 3 is 2.53 bits per heavy atom. The van der Waals surface area contributed by atoms with Crippen molar-refractivity contribution < 1.29 is 4.79 Å². The number of aromatic nitrogens is 3. The molecule has 3 heterocycles. The Kier molecular flexibility index (Phi) is 6.82. The molecule has 1 aromatic carbocycles. The number of fused-ring (bicyclic) bond motifs is 1. The smallest absolute Gasteiger partial charge is 0.253 e. The highest BCUT2D eigenvalue weighted by atomic mass is 16.1. The summed E-state index contributed by atoms with van der Waals surface area (Å²) in [5, 5.41) is 14.2. The summed E-state index contributed by atoms with van der Waals surface area (Å²) in [5.41, 5.74) is 8.47. The summed E-state index contributed by atoms with van der Waals surface area (Å²) < 4.78 is 0. The molecule has 2 aromatic heterocycles. The molecule has 1 amide bonds. The Bertz CT molecular complexity index is 1120. The average Bonchev–Trinajstić information content (AvgIpc) is 2.87. The van der Waals surface area contributed by atoms with Crippen LogP contribution in [-0.4, -0.2) is 52.1 Å². The van der Waals surface area contributed by atoms with Crippen LogP contribution in [-0.2, 0) is 0 Å². The minimum Gasteiger partial charge on any atom is -0.381 e. The van der Waals surface area contributed by atoms with E-state index < -0.39 is 0 Å². The summed E-state index contributed by atoms with van der Waals surface area (Å²) in [7, 11) is 0. The maximum absolute atomic E-state index is 12.5. The highest BCUT2D eigenvalue weighted by Gasteiger charge is 2.19. The van der Waals surface area contributed by atoms with Crippen LogP contribution in [0.5, 0.6) is 0 Å². The second-order valence-electron chi connectivity index (χ2n) is 9.25. The van der Waals surface area contributed by atoms with Gasteiger partial charge in [-0.15, -0.1) is 0 Å². The number of amides is 1. The number of pyridine rings is 1. The van der Waals surface area contributed by atoms with Crippen molar-refractivity contribution in [3.05, 3.63) is 48.3 Å². The number of piperidine rings is 1. The molecule has 6 N–H and O–H groups in total. The van der Waals surface area contributed by atoms with E-state index in [1.807, 2.05) is 18.3 Å². The number of carbonyl (C=O) groups excluding carboxylic acids is 1. The third-order valence-electron chi connectivity index (χ3n) is 6.68. The maximum atomic E-state index is 12.5. The van der Waals surface area contributed by atoms with Crippen LogP contribution in [0, 0.1) is 0 Å². The zero-order chi connectivity index (χ0) is 23.3. The minimum absolute atomic E-state index is 0.0905. The molecule has 34 heavy (non-hydrogen) atoms. The van der Waals surface area contributed by atoms with Crippen LogP contribution in [0.25, 0.3) is 10.9 Å². The molecule has 0 radical (unpaired) electrons. The van der Waals surface area contributed by atoms with Gasteiger partial charge in [0.25, 0.3) is 5.91 Å². The molecule has 0 unspecified atom stereocenters. The summed E-state index contributed by atoms with van der Waals surface area (Å²) in [6.07, 6.45) is 9.51. The summed E-state index contributed by atoms with van der Waals surface area (Å²) in [6.45, 7) is 1.87. The minimum atomic E-state index is -0.0905. The fraction of sp³-hybridized carbons (Fsp3) is 0.440. The van der Waals surface area contributed by atoms with Crippen molar-refractivity contribution in [1.82, 2.24) is 25.6 Å². The molecule has 178 valence electrons. The van der Waals surface area contributed by atoms with E-state index in [2.05, 4.69) is 37.3 Å². The molecule has 0 spiro atoms. The molecule has 1 aliphatic carbocycles. The number of benzene rings is 1. The quantitative estimate of drug-likeness (QED) is 0.380. The number of nitrogens with one attached hydrogen (secondary N) is 4. The highest BCUT2D eigenvalue weighted by Crippen LogP contribution is 2.27. The lowest BCUT2D eigenvalue weighted by atomic mass is 9.91. The molecule has 0 bridgehead atoms. The van der Waals surface area contributed by atoms with Crippen LogP contribution in [0.2, 0.25) is 0 Å². The Labute approximate surface area is 199 Å². The molecule has 3 aromatic rings. The molecule has 0 atom stereocenters. The lowest BCUT2D eigenvalue weighted by Crippen LogP contribution is -2.42. The van der Waals surface area contributed by atoms with Gasteiger partial charge >= 0.3 is 0 Å². The lowest BCUT2D eigenvalue weighted by Gasteiger charge is -2.27. The first-order valence-corrected chi connectivity index (χ1v) is 12.2. The number of hydrogen-bond acceptors (Lipinski definition) is 8. The second-order valence-corrected chi connectivity index (χ2v) is 9.25. The van der Waals surface area contributed by atoms with Gasteiger partial charge < -0.3 is 27.0 Å². The third-order valence-corrected chi connectivity index (χ3v) is 6.68. The van der Waals surface area contributed by atoms with Crippen LogP contribution in [0.15, 0.2) is 42.7 Å². The van der Waals surface area contributed by atoms with E-state index in [4.69, 9.17) is 10.7 Å². The molecule has 9 heteroatoms. The molecule has 5 rings (SSSR count). The normalized spacial score (nSPS) is 21.2. The molecule has 9 nitrogen and oxygen atoms in total. The summed E-state index contributed by atoms with van der Waals surface area (Å²) in [4.78, 5) is 26.1. The first kappa shape index (κ1) is 22.5. The van der Waals surface area contributed by atoms with E-state index in [0.717, 1.165) is 68.2 Å². The predicted octanol–water partition coefficient (Wildman–Crippen LogP) is 2.93. The van der Waals surface area contributed by atoms with E-state index in [0.29, 0.717) is 29.4 Å². The van der Waals surface area contributed by atoms with Gasteiger partial charge in [-0.2, -0.15) is 0 Å². The standard InChI is InChI=1S/C25H32N8O/c26-18-5-7-19(8-6-18)30-21-3-1-2-16-14-29-25(33-23(16)21)32-22-9-4-17(15-28-22)24(34)31-20-10-12-27-13-11-20/h1-4,9,14-15,18-20,27,30H,5-8,10-13,26H2,(H,31,34)(H,28,29,32,33). The van der Waals surface area contributed by atoms with Gasteiger partial charge in [-0.3, -0.25) is 4.79 Å². The molecule has 1 aliphatic heterocycles. The first-order valence-electron chi connectivity index (χ1n) is 12.2. The van der Waals surface area contributed by atoms with E-state index in [9.17, 15) is 4.79 Å². The fourth-order valence-corrected chi connectivity index (χ4v) is 4.67. The first-order chi connectivity index (χ1) is 16.6. The van der Waals surface area contributed by atoms with Crippen LogP contribution < -0.4 is 27.0 Å². The highest BCUT2D eigenvalue weighted by molar-refractivity contribution is 5.94. The van der Waals surface area contributed by atoms with Gasteiger partial charge in [-0.25, -0.2) is 15.0 Å². The molecular formula is C25H32N8O. The van der Waals surface area contributed by atoms with Gasteiger partial charge in [0.2, 0.25) is 5.95 Å². The van der Waals surface area contributed by atoms with E-state index in [1.165, 1.54) is 0 Å². The van der Waals surface area contributed by atoms with Crippen LogP contribution in [0.1, 0.15) is 48.9 Å². The topological polar surface area (TPSA) is 130 Å². The van der Waals surface area contributed by atoms with Gasteiger partial charge in [-0.1, -0.05) is 12.1 Å². The summed E-state index contributed by atoms with van der Waals surface area (Å²) in [6, 6.07) is 10.6. The molecule has 2 aliphatic rings. The van der Waals surface area contributed by atoms with Crippen LogP contribution in [0.4, 0.5) is 17.5 Å². The Hall–Kier alpha value is -3.30. The number of nitrogens with two attached hydrogens (primary N) is 1. The SMILES string of the molecule is NC1CCC(Nc2cccc3cnc(Nc4ccc(C(=O)NC5CCNCC5)cn4)nc23)CC1. The molecule has 1 saturated carbocycles. The third kappa shape index (κ3) is 5.43. The molecule has 1 saturated heterocycles. The van der Waals surface area contributed by atoms with Gasteiger partial charge in [0.05, 0.1) is 16.8 Å². The monoisotopic (exact) mass is 460 g/mol. The van der Waals surface area contributed by atoms with Gasteiger partial charge in [0.15, 0.2) is 0 Å². The number of carbonyl (C=O) groups is 1. The van der Waals surface area contributed by atoms with Crippen molar-refractivity contribution >= 4 is 34.3 Å². The molecular weight excluding hydrogens is 428 g/mol. The van der Waals surface area contributed by atoms with Gasteiger partial charge in [0.1, 0.15) is 5.82 Å².